The smallest absolute Gasteiger partial charge is 0.254 e. The maximum atomic E-state index is 12.5. The molecule has 19 heavy (non-hydrogen) atoms. The van der Waals surface area contributed by atoms with Crippen molar-refractivity contribution in [2.45, 2.75) is 32.5 Å². The maximum Gasteiger partial charge on any atom is 0.254 e. The average molecular weight is 262 g/mol. The molecule has 1 aliphatic heterocycles. The SMILES string of the molecule is COCc1ccc(C(=O)N2CCNC(C)C2C)cc1. The summed E-state index contributed by atoms with van der Waals surface area (Å²) in [5.74, 6) is 0.116. The molecule has 1 heterocycles. The Morgan fingerprint density at radius 3 is 2.68 bits per heavy atom. The monoisotopic (exact) mass is 262 g/mol. The van der Waals surface area contributed by atoms with Gasteiger partial charge in [0.2, 0.25) is 0 Å². The highest BCUT2D eigenvalue weighted by molar-refractivity contribution is 5.94. The summed E-state index contributed by atoms with van der Waals surface area (Å²) in [4.78, 5) is 14.4. The van der Waals surface area contributed by atoms with Crippen LogP contribution < -0.4 is 5.32 Å². The van der Waals surface area contributed by atoms with E-state index in [9.17, 15) is 4.79 Å². The van der Waals surface area contributed by atoms with E-state index < -0.39 is 0 Å². The molecule has 0 aromatic heterocycles. The fourth-order valence-corrected chi connectivity index (χ4v) is 2.42. The first kappa shape index (κ1) is 14.0. The molecule has 1 aliphatic rings. The Morgan fingerprint density at radius 1 is 1.37 bits per heavy atom. The van der Waals surface area contributed by atoms with Gasteiger partial charge in [0.05, 0.1) is 6.61 Å². The van der Waals surface area contributed by atoms with Gasteiger partial charge in [0.25, 0.3) is 5.91 Å². The van der Waals surface area contributed by atoms with Gasteiger partial charge in [-0.3, -0.25) is 4.79 Å². The fraction of sp³-hybridized carbons (Fsp3) is 0.533. The van der Waals surface area contributed by atoms with E-state index in [1.165, 1.54) is 0 Å². The lowest BCUT2D eigenvalue weighted by Crippen LogP contribution is -2.57. The van der Waals surface area contributed by atoms with Crippen LogP contribution in [0, 0.1) is 0 Å². The van der Waals surface area contributed by atoms with Gasteiger partial charge in [0, 0.05) is 37.8 Å². The minimum absolute atomic E-state index is 0.116. The van der Waals surface area contributed by atoms with Crippen molar-refractivity contribution < 1.29 is 9.53 Å². The molecule has 104 valence electrons. The Balaban J connectivity index is 2.10. The molecule has 4 heteroatoms. The number of ether oxygens (including phenoxy) is 1. The van der Waals surface area contributed by atoms with E-state index in [-0.39, 0.29) is 11.9 Å². The molecule has 1 saturated heterocycles. The topological polar surface area (TPSA) is 41.6 Å². The number of benzene rings is 1. The third-order valence-electron chi connectivity index (χ3n) is 3.81. The van der Waals surface area contributed by atoms with Crippen LogP contribution in [0.5, 0.6) is 0 Å². The van der Waals surface area contributed by atoms with Gasteiger partial charge in [0.1, 0.15) is 0 Å². The highest BCUT2D eigenvalue weighted by Crippen LogP contribution is 2.14. The van der Waals surface area contributed by atoms with Crippen LogP contribution in [-0.4, -0.2) is 43.1 Å². The highest BCUT2D eigenvalue weighted by atomic mass is 16.5. The van der Waals surface area contributed by atoms with Crippen LogP contribution in [0.15, 0.2) is 24.3 Å². The van der Waals surface area contributed by atoms with Gasteiger partial charge in [0.15, 0.2) is 0 Å². The van der Waals surface area contributed by atoms with Crippen molar-refractivity contribution >= 4 is 5.91 Å². The van der Waals surface area contributed by atoms with Crippen LogP contribution in [0.2, 0.25) is 0 Å². The zero-order valence-electron chi connectivity index (χ0n) is 11.8. The van der Waals surface area contributed by atoms with Gasteiger partial charge in [-0.1, -0.05) is 12.1 Å². The number of piperazine rings is 1. The molecule has 1 N–H and O–H groups in total. The summed E-state index contributed by atoms with van der Waals surface area (Å²) in [5.41, 5.74) is 1.83. The summed E-state index contributed by atoms with van der Waals surface area (Å²) in [7, 11) is 1.67. The van der Waals surface area contributed by atoms with Gasteiger partial charge in [-0.2, -0.15) is 0 Å². The zero-order valence-corrected chi connectivity index (χ0v) is 11.8. The summed E-state index contributed by atoms with van der Waals surface area (Å²) in [6.07, 6.45) is 0. The quantitative estimate of drug-likeness (QED) is 0.900. The van der Waals surface area contributed by atoms with Crippen molar-refractivity contribution in [2.75, 3.05) is 20.2 Å². The first-order chi connectivity index (χ1) is 9.13. The molecule has 0 bridgehead atoms. The molecule has 2 rings (SSSR count). The molecule has 1 amide bonds. The molecule has 4 nitrogen and oxygen atoms in total. The van der Waals surface area contributed by atoms with Crippen molar-refractivity contribution in [1.29, 1.82) is 0 Å². The molecule has 1 aromatic carbocycles. The molecular formula is C15H22N2O2. The summed E-state index contributed by atoms with van der Waals surface area (Å²) in [6.45, 7) is 6.42. The third kappa shape index (κ3) is 3.14. The number of amides is 1. The molecule has 1 fully saturated rings. The predicted molar refractivity (Wildman–Crippen MR) is 75.1 cm³/mol. The van der Waals surface area contributed by atoms with E-state index in [0.717, 1.165) is 24.2 Å². The van der Waals surface area contributed by atoms with E-state index in [1.54, 1.807) is 7.11 Å². The Labute approximate surface area is 114 Å². The van der Waals surface area contributed by atoms with E-state index in [0.29, 0.717) is 12.6 Å². The number of carbonyl (C=O) groups excluding carboxylic acids is 1. The number of rotatable bonds is 3. The van der Waals surface area contributed by atoms with Crippen molar-refractivity contribution in [3.63, 3.8) is 0 Å². The molecule has 0 radical (unpaired) electrons. The molecule has 0 aliphatic carbocycles. The second-order valence-corrected chi connectivity index (χ2v) is 5.11. The summed E-state index contributed by atoms with van der Waals surface area (Å²) >= 11 is 0. The maximum absolute atomic E-state index is 12.5. The summed E-state index contributed by atoms with van der Waals surface area (Å²) in [6, 6.07) is 8.23. The molecular weight excluding hydrogens is 240 g/mol. The fourth-order valence-electron chi connectivity index (χ4n) is 2.42. The van der Waals surface area contributed by atoms with Crippen LogP contribution in [0.25, 0.3) is 0 Å². The summed E-state index contributed by atoms with van der Waals surface area (Å²) in [5, 5.41) is 3.38. The van der Waals surface area contributed by atoms with E-state index >= 15 is 0 Å². The van der Waals surface area contributed by atoms with Crippen LogP contribution in [0.1, 0.15) is 29.8 Å². The first-order valence-electron chi connectivity index (χ1n) is 6.75. The average Bonchev–Trinajstić information content (AvgIpc) is 2.42. The van der Waals surface area contributed by atoms with Crippen LogP contribution in [-0.2, 0) is 11.3 Å². The molecule has 0 spiro atoms. The first-order valence-corrected chi connectivity index (χ1v) is 6.75. The van der Waals surface area contributed by atoms with Gasteiger partial charge < -0.3 is 15.0 Å². The Hall–Kier alpha value is -1.39. The number of methoxy groups -OCH3 is 1. The molecule has 0 saturated carbocycles. The Kier molecular flexibility index (Phi) is 4.56. The van der Waals surface area contributed by atoms with E-state index in [2.05, 4.69) is 19.2 Å². The molecule has 2 unspecified atom stereocenters. The largest absolute Gasteiger partial charge is 0.380 e. The van der Waals surface area contributed by atoms with Gasteiger partial charge >= 0.3 is 0 Å². The van der Waals surface area contributed by atoms with Crippen LogP contribution >= 0.6 is 0 Å². The second-order valence-electron chi connectivity index (χ2n) is 5.11. The number of carbonyl (C=O) groups is 1. The van der Waals surface area contributed by atoms with Crippen molar-refractivity contribution in [1.82, 2.24) is 10.2 Å². The number of hydrogen-bond donors (Lipinski definition) is 1. The lowest BCUT2D eigenvalue weighted by atomic mass is 10.0. The van der Waals surface area contributed by atoms with E-state index in [1.807, 2.05) is 29.2 Å². The standard InChI is InChI=1S/C15H22N2O2/c1-11-12(2)17(9-8-16-11)15(18)14-6-4-13(5-7-14)10-19-3/h4-7,11-12,16H,8-10H2,1-3H3. The highest BCUT2D eigenvalue weighted by Gasteiger charge is 2.28. The van der Waals surface area contributed by atoms with Gasteiger partial charge in [-0.15, -0.1) is 0 Å². The minimum atomic E-state index is 0.116. The van der Waals surface area contributed by atoms with Crippen LogP contribution in [0.3, 0.4) is 0 Å². The Bertz CT molecular complexity index is 430. The number of hydrogen-bond acceptors (Lipinski definition) is 3. The van der Waals surface area contributed by atoms with E-state index in [4.69, 9.17) is 4.74 Å². The predicted octanol–water partition coefficient (Wildman–Crippen LogP) is 1.66. The van der Waals surface area contributed by atoms with Crippen molar-refractivity contribution in [3.8, 4) is 0 Å². The number of nitrogens with zero attached hydrogens (tertiary/aromatic N) is 1. The minimum Gasteiger partial charge on any atom is -0.380 e. The second kappa shape index (κ2) is 6.17. The lowest BCUT2D eigenvalue weighted by molar-refractivity contribution is 0.0603. The van der Waals surface area contributed by atoms with Gasteiger partial charge in [-0.25, -0.2) is 0 Å². The normalized spacial score (nSPS) is 23.4. The van der Waals surface area contributed by atoms with Crippen molar-refractivity contribution in [2.24, 2.45) is 0 Å². The van der Waals surface area contributed by atoms with Crippen LogP contribution in [0.4, 0.5) is 0 Å². The summed E-state index contributed by atoms with van der Waals surface area (Å²) < 4.78 is 5.07. The zero-order chi connectivity index (χ0) is 13.8. The molecule has 2 atom stereocenters. The lowest BCUT2D eigenvalue weighted by Gasteiger charge is -2.38. The Morgan fingerprint density at radius 2 is 2.05 bits per heavy atom. The van der Waals surface area contributed by atoms with Gasteiger partial charge in [-0.05, 0) is 31.5 Å². The van der Waals surface area contributed by atoms with Crippen molar-refractivity contribution in [3.05, 3.63) is 35.4 Å². The number of nitrogens with one attached hydrogen (secondary N) is 1. The third-order valence-corrected chi connectivity index (χ3v) is 3.81. The molecule has 1 aromatic rings.